The van der Waals surface area contributed by atoms with Crippen molar-refractivity contribution in [1.82, 2.24) is 0 Å². The van der Waals surface area contributed by atoms with Crippen LogP contribution in [0, 0.1) is 0 Å². The lowest BCUT2D eigenvalue weighted by Gasteiger charge is -2.23. The zero-order valence-corrected chi connectivity index (χ0v) is 18.5. The number of anilines is 1. The van der Waals surface area contributed by atoms with Gasteiger partial charge in [0.25, 0.3) is 5.91 Å². The smallest absolute Gasteiger partial charge is 0.313 e. The SMILES string of the molecule is CC(C(=O)OC(C)(C)C)c1ccc(N2Cc3ccc(-c4cccs4)cc3C2=O)cc1. The number of hydrogen-bond donors (Lipinski definition) is 0. The highest BCUT2D eigenvalue weighted by molar-refractivity contribution is 7.13. The molecule has 0 saturated heterocycles. The molecule has 0 bridgehead atoms. The molecule has 2 aromatic carbocycles. The molecule has 5 heteroatoms. The monoisotopic (exact) mass is 419 g/mol. The first-order valence-electron chi connectivity index (χ1n) is 10.0. The van der Waals surface area contributed by atoms with Gasteiger partial charge in [0.05, 0.1) is 12.5 Å². The molecule has 0 radical (unpaired) electrons. The molecule has 4 nitrogen and oxygen atoms in total. The zero-order chi connectivity index (χ0) is 21.5. The first kappa shape index (κ1) is 20.4. The predicted octanol–water partition coefficient (Wildman–Crippen LogP) is 6.02. The molecule has 1 unspecified atom stereocenters. The lowest BCUT2D eigenvalue weighted by Crippen LogP contribution is -2.27. The second kappa shape index (κ2) is 7.73. The average molecular weight is 420 g/mol. The molecule has 0 saturated carbocycles. The van der Waals surface area contributed by atoms with Crippen molar-refractivity contribution >= 4 is 28.9 Å². The fourth-order valence-corrected chi connectivity index (χ4v) is 4.30. The van der Waals surface area contributed by atoms with Gasteiger partial charge in [-0.15, -0.1) is 11.3 Å². The van der Waals surface area contributed by atoms with Crippen molar-refractivity contribution in [2.45, 2.75) is 45.8 Å². The van der Waals surface area contributed by atoms with Crippen LogP contribution in [-0.4, -0.2) is 17.5 Å². The molecular weight excluding hydrogens is 394 g/mol. The molecule has 1 amide bonds. The Hall–Kier alpha value is -2.92. The Kier molecular flexibility index (Phi) is 5.24. The van der Waals surface area contributed by atoms with Crippen LogP contribution in [0.5, 0.6) is 0 Å². The summed E-state index contributed by atoms with van der Waals surface area (Å²) in [6, 6.07) is 17.8. The molecule has 0 aliphatic carbocycles. The molecule has 1 aromatic heterocycles. The van der Waals surface area contributed by atoms with E-state index in [1.165, 1.54) is 0 Å². The minimum atomic E-state index is -0.513. The minimum Gasteiger partial charge on any atom is -0.460 e. The number of fused-ring (bicyclic) bond motifs is 1. The van der Waals surface area contributed by atoms with Crippen LogP contribution in [0.4, 0.5) is 5.69 Å². The summed E-state index contributed by atoms with van der Waals surface area (Å²) in [6.07, 6.45) is 0. The molecule has 154 valence electrons. The maximum Gasteiger partial charge on any atom is 0.313 e. The largest absolute Gasteiger partial charge is 0.460 e. The number of rotatable bonds is 4. The van der Waals surface area contributed by atoms with Gasteiger partial charge >= 0.3 is 5.97 Å². The van der Waals surface area contributed by atoms with Gasteiger partial charge in [-0.2, -0.15) is 0 Å². The number of nitrogens with zero attached hydrogens (tertiary/aromatic N) is 1. The lowest BCUT2D eigenvalue weighted by molar-refractivity contribution is -0.156. The number of amides is 1. The lowest BCUT2D eigenvalue weighted by atomic mass is 10.0. The Bertz CT molecular complexity index is 1080. The molecule has 0 fully saturated rings. The standard InChI is InChI=1S/C25H25NO3S/c1-16(24(28)29-25(2,3)4)17-9-11-20(12-10-17)26-15-19-8-7-18(14-21(19)23(26)27)22-6-5-13-30-22/h5-14,16H,15H2,1-4H3. The van der Waals surface area contributed by atoms with Gasteiger partial charge in [0.15, 0.2) is 0 Å². The maximum atomic E-state index is 13.1. The second-order valence-electron chi connectivity index (χ2n) is 8.59. The summed E-state index contributed by atoms with van der Waals surface area (Å²) < 4.78 is 5.48. The van der Waals surface area contributed by atoms with Crippen molar-refractivity contribution in [1.29, 1.82) is 0 Å². The van der Waals surface area contributed by atoms with Crippen molar-refractivity contribution in [3.8, 4) is 10.4 Å². The summed E-state index contributed by atoms with van der Waals surface area (Å²) in [5, 5.41) is 2.04. The highest BCUT2D eigenvalue weighted by Crippen LogP contribution is 2.33. The summed E-state index contributed by atoms with van der Waals surface area (Å²) in [4.78, 5) is 28.3. The summed E-state index contributed by atoms with van der Waals surface area (Å²) >= 11 is 1.67. The fraction of sp³-hybridized carbons (Fsp3) is 0.280. The third-order valence-corrected chi connectivity index (χ3v) is 6.10. The Morgan fingerprint density at radius 3 is 2.47 bits per heavy atom. The highest BCUT2D eigenvalue weighted by Gasteiger charge is 2.29. The topological polar surface area (TPSA) is 46.6 Å². The number of hydrogen-bond acceptors (Lipinski definition) is 4. The van der Waals surface area contributed by atoms with E-state index in [0.29, 0.717) is 6.54 Å². The number of carbonyl (C=O) groups excluding carboxylic acids is 2. The van der Waals surface area contributed by atoms with Crippen LogP contribution in [0.25, 0.3) is 10.4 Å². The first-order valence-corrected chi connectivity index (χ1v) is 10.9. The van der Waals surface area contributed by atoms with E-state index >= 15 is 0 Å². The van der Waals surface area contributed by atoms with E-state index in [-0.39, 0.29) is 17.8 Å². The number of ether oxygens (including phenoxy) is 1. The van der Waals surface area contributed by atoms with Crippen LogP contribution in [-0.2, 0) is 16.1 Å². The van der Waals surface area contributed by atoms with Gasteiger partial charge in [-0.1, -0.05) is 30.3 Å². The van der Waals surface area contributed by atoms with Gasteiger partial charge in [0, 0.05) is 16.1 Å². The molecule has 3 aromatic rings. The fourth-order valence-electron chi connectivity index (χ4n) is 3.57. The summed E-state index contributed by atoms with van der Waals surface area (Å²) in [5.41, 5.74) is 4.05. The third kappa shape index (κ3) is 4.03. The van der Waals surface area contributed by atoms with E-state index in [1.54, 1.807) is 16.2 Å². The summed E-state index contributed by atoms with van der Waals surface area (Å²) in [6.45, 7) is 7.98. The average Bonchev–Trinajstić information content (AvgIpc) is 3.35. The van der Waals surface area contributed by atoms with Crippen molar-refractivity contribution in [2.75, 3.05) is 4.90 Å². The van der Waals surface area contributed by atoms with E-state index in [4.69, 9.17) is 4.74 Å². The first-order chi connectivity index (χ1) is 14.2. The normalized spacial score (nSPS) is 14.5. The Morgan fingerprint density at radius 2 is 1.83 bits per heavy atom. The van der Waals surface area contributed by atoms with Crippen LogP contribution in [0.2, 0.25) is 0 Å². The molecule has 0 N–H and O–H groups in total. The molecule has 1 aliphatic rings. The molecule has 0 spiro atoms. The van der Waals surface area contributed by atoms with Gasteiger partial charge in [-0.25, -0.2) is 0 Å². The van der Waals surface area contributed by atoms with E-state index in [0.717, 1.165) is 32.8 Å². The number of benzene rings is 2. The van der Waals surface area contributed by atoms with Crippen molar-refractivity contribution in [3.63, 3.8) is 0 Å². The molecule has 4 rings (SSSR count). The maximum absolute atomic E-state index is 13.1. The Morgan fingerprint density at radius 1 is 1.10 bits per heavy atom. The van der Waals surface area contributed by atoms with Crippen LogP contribution < -0.4 is 4.90 Å². The molecule has 30 heavy (non-hydrogen) atoms. The van der Waals surface area contributed by atoms with Crippen molar-refractivity contribution in [2.24, 2.45) is 0 Å². The van der Waals surface area contributed by atoms with Gasteiger partial charge in [0.1, 0.15) is 5.60 Å². The third-order valence-electron chi connectivity index (χ3n) is 5.18. The number of carbonyl (C=O) groups is 2. The Balaban J connectivity index is 1.52. The van der Waals surface area contributed by atoms with Gasteiger partial charge in [-0.05, 0) is 74.0 Å². The van der Waals surface area contributed by atoms with Crippen LogP contribution >= 0.6 is 11.3 Å². The molecule has 2 heterocycles. The van der Waals surface area contributed by atoms with Crippen LogP contribution in [0.1, 0.15) is 55.1 Å². The van der Waals surface area contributed by atoms with E-state index < -0.39 is 5.60 Å². The van der Waals surface area contributed by atoms with Gasteiger partial charge in [0.2, 0.25) is 0 Å². The summed E-state index contributed by atoms with van der Waals surface area (Å²) in [5.74, 6) is -0.601. The van der Waals surface area contributed by atoms with Crippen molar-refractivity contribution < 1.29 is 14.3 Å². The summed E-state index contributed by atoms with van der Waals surface area (Å²) in [7, 11) is 0. The van der Waals surface area contributed by atoms with E-state index in [1.807, 2.05) is 75.5 Å². The predicted molar refractivity (Wildman–Crippen MR) is 121 cm³/mol. The van der Waals surface area contributed by atoms with E-state index in [9.17, 15) is 9.59 Å². The van der Waals surface area contributed by atoms with Gasteiger partial charge < -0.3 is 9.64 Å². The molecule has 1 aliphatic heterocycles. The zero-order valence-electron chi connectivity index (χ0n) is 17.6. The molecular formula is C25H25NO3S. The second-order valence-corrected chi connectivity index (χ2v) is 9.53. The quantitative estimate of drug-likeness (QED) is 0.486. The Labute approximate surface area is 181 Å². The molecule has 1 atom stereocenters. The minimum absolute atomic E-state index is 0.0105. The van der Waals surface area contributed by atoms with Gasteiger partial charge in [-0.3, -0.25) is 9.59 Å². The van der Waals surface area contributed by atoms with E-state index in [2.05, 4.69) is 12.1 Å². The highest BCUT2D eigenvalue weighted by atomic mass is 32.1. The number of thiophene rings is 1. The number of esters is 1. The van der Waals surface area contributed by atoms with Crippen molar-refractivity contribution in [3.05, 3.63) is 76.7 Å². The van der Waals surface area contributed by atoms with Crippen LogP contribution in [0.15, 0.2) is 60.0 Å². The van der Waals surface area contributed by atoms with Crippen LogP contribution in [0.3, 0.4) is 0 Å².